The van der Waals surface area contributed by atoms with E-state index in [0.717, 1.165) is 10.9 Å². The van der Waals surface area contributed by atoms with Crippen molar-refractivity contribution in [3.63, 3.8) is 0 Å². The van der Waals surface area contributed by atoms with Gasteiger partial charge in [0.25, 0.3) is 0 Å². The van der Waals surface area contributed by atoms with Crippen molar-refractivity contribution in [2.24, 2.45) is 17.7 Å². The SMILES string of the molecule is CC1CCCC1C(NN)c1cc(Br)ccc1F. The standard InChI is InChI=1S/C13H18BrFN2/c1-8-3-2-4-10(8)13(17-16)11-7-9(14)5-6-12(11)15/h5-8,10,13,17H,2-4,16H2,1H3. The van der Waals surface area contributed by atoms with Crippen LogP contribution < -0.4 is 11.3 Å². The molecular weight excluding hydrogens is 283 g/mol. The van der Waals surface area contributed by atoms with Gasteiger partial charge in [0, 0.05) is 10.0 Å². The molecule has 3 unspecified atom stereocenters. The normalized spacial score (nSPS) is 26.1. The maximum atomic E-state index is 13.9. The summed E-state index contributed by atoms with van der Waals surface area (Å²) in [7, 11) is 0. The molecule has 1 aromatic rings. The Morgan fingerprint density at radius 3 is 2.82 bits per heavy atom. The number of hydrogen-bond donors (Lipinski definition) is 2. The van der Waals surface area contributed by atoms with E-state index in [1.165, 1.54) is 18.9 Å². The topological polar surface area (TPSA) is 38.0 Å². The molecule has 1 aliphatic rings. The van der Waals surface area contributed by atoms with Crippen LogP contribution >= 0.6 is 15.9 Å². The summed E-state index contributed by atoms with van der Waals surface area (Å²) in [6.07, 6.45) is 3.53. The number of nitrogens with two attached hydrogens (primary N) is 1. The fraction of sp³-hybridized carbons (Fsp3) is 0.538. The van der Waals surface area contributed by atoms with Crippen molar-refractivity contribution in [3.8, 4) is 0 Å². The summed E-state index contributed by atoms with van der Waals surface area (Å²) in [6.45, 7) is 2.22. The summed E-state index contributed by atoms with van der Waals surface area (Å²) in [4.78, 5) is 0. The molecule has 0 saturated heterocycles. The third kappa shape index (κ3) is 2.69. The minimum atomic E-state index is -0.185. The van der Waals surface area contributed by atoms with Crippen LogP contribution in [0.2, 0.25) is 0 Å². The summed E-state index contributed by atoms with van der Waals surface area (Å²) in [6, 6.07) is 4.93. The lowest BCUT2D eigenvalue weighted by Crippen LogP contribution is -2.35. The second-order valence-electron chi connectivity index (χ2n) is 4.88. The van der Waals surface area contributed by atoms with E-state index >= 15 is 0 Å². The molecule has 0 bridgehead atoms. The van der Waals surface area contributed by atoms with Crippen molar-refractivity contribution in [2.45, 2.75) is 32.2 Å². The lowest BCUT2D eigenvalue weighted by Gasteiger charge is -2.27. The third-order valence-electron chi connectivity index (χ3n) is 3.83. The summed E-state index contributed by atoms with van der Waals surface area (Å²) in [5.41, 5.74) is 3.47. The molecule has 3 N–H and O–H groups in total. The van der Waals surface area contributed by atoms with Gasteiger partial charge < -0.3 is 0 Å². The molecular formula is C13H18BrFN2. The first kappa shape index (κ1) is 13.0. The van der Waals surface area contributed by atoms with Crippen LogP contribution in [0.15, 0.2) is 22.7 Å². The van der Waals surface area contributed by atoms with Crippen molar-refractivity contribution >= 4 is 15.9 Å². The maximum absolute atomic E-state index is 13.9. The Balaban J connectivity index is 2.31. The highest BCUT2D eigenvalue weighted by atomic mass is 79.9. The molecule has 1 fully saturated rings. The Bertz CT molecular complexity index is 397. The van der Waals surface area contributed by atoms with Crippen LogP contribution in [0, 0.1) is 17.7 Å². The molecule has 1 saturated carbocycles. The minimum Gasteiger partial charge on any atom is -0.271 e. The Kier molecular flexibility index (Phi) is 4.17. The second-order valence-corrected chi connectivity index (χ2v) is 5.80. The second kappa shape index (κ2) is 5.46. The highest BCUT2D eigenvalue weighted by molar-refractivity contribution is 9.10. The van der Waals surface area contributed by atoms with Gasteiger partial charge >= 0.3 is 0 Å². The first-order valence-corrected chi connectivity index (χ1v) is 6.84. The predicted molar refractivity (Wildman–Crippen MR) is 70.7 cm³/mol. The summed E-state index contributed by atoms with van der Waals surface area (Å²) >= 11 is 3.38. The molecule has 4 heteroatoms. The van der Waals surface area contributed by atoms with Gasteiger partial charge in [-0.2, -0.15) is 0 Å². The van der Waals surface area contributed by atoms with E-state index in [0.29, 0.717) is 17.4 Å². The lowest BCUT2D eigenvalue weighted by atomic mass is 9.86. The molecule has 1 aliphatic carbocycles. The van der Waals surface area contributed by atoms with Gasteiger partial charge in [-0.3, -0.25) is 11.3 Å². The molecule has 3 atom stereocenters. The number of rotatable bonds is 3. The Hall–Kier alpha value is -0.450. The van der Waals surface area contributed by atoms with E-state index < -0.39 is 0 Å². The quantitative estimate of drug-likeness (QED) is 0.662. The molecule has 17 heavy (non-hydrogen) atoms. The summed E-state index contributed by atoms with van der Waals surface area (Å²) < 4.78 is 14.8. The molecule has 0 radical (unpaired) electrons. The smallest absolute Gasteiger partial charge is 0.128 e. The van der Waals surface area contributed by atoms with Crippen LogP contribution in [-0.4, -0.2) is 0 Å². The Morgan fingerprint density at radius 1 is 1.47 bits per heavy atom. The molecule has 0 aromatic heterocycles. The molecule has 2 nitrogen and oxygen atoms in total. The highest BCUT2D eigenvalue weighted by Gasteiger charge is 2.32. The zero-order valence-electron chi connectivity index (χ0n) is 9.92. The van der Waals surface area contributed by atoms with E-state index in [1.54, 1.807) is 6.07 Å². The van der Waals surface area contributed by atoms with Crippen LogP contribution in [0.3, 0.4) is 0 Å². The molecule has 0 aliphatic heterocycles. The zero-order chi connectivity index (χ0) is 12.4. The average molecular weight is 301 g/mol. The van der Waals surface area contributed by atoms with Crippen LogP contribution in [-0.2, 0) is 0 Å². The van der Waals surface area contributed by atoms with Gasteiger partial charge in [-0.25, -0.2) is 4.39 Å². The average Bonchev–Trinajstić information content (AvgIpc) is 2.71. The number of halogens is 2. The van der Waals surface area contributed by atoms with Crippen molar-refractivity contribution < 1.29 is 4.39 Å². The molecule has 2 rings (SSSR count). The van der Waals surface area contributed by atoms with Gasteiger partial charge in [-0.1, -0.05) is 35.7 Å². The zero-order valence-corrected chi connectivity index (χ0v) is 11.5. The van der Waals surface area contributed by atoms with Gasteiger partial charge in [-0.05, 0) is 36.5 Å². The van der Waals surface area contributed by atoms with Gasteiger partial charge in [0.2, 0.25) is 0 Å². The van der Waals surface area contributed by atoms with Gasteiger partial charge in [-0.15, -0.1) is 0 Å². The van der Waals surface area contributed by atoms with E-state index in [1.807, 2.05) is 6.07 Å². The highest BCUT2D eigenvalue weighted by Crippen LogP contribution is 2.40. The van der Waals surface area contributed by atoms with E-state index in [2.05, 4.69) is 28.3 Å². The third-order valence-corrected chi connectivity index (χ3v) is 4.32. The Labute approximate surface area is 110 Å². The Morgan fingerprint density at radius 2 is 2.24 bits per heavy atom. The van der Waals surface area contributed by atoms with Crippen molar-refractivity contribution in [2.75, 3.05) is 0 Å². The van der Waals surface area contributed by atoms with Gasteiger partial charge in [0.05, 0.1) is 6.04 Å². The minimum absolute atomic E-state index is 0.0926. The van der Waals surface area contributed by atoms with Crippen LogP contribution in [0.1, 0.15) is 37.8 Å². The fourth-order valence-electron chi connectivity index (χ4n) is 2.87. The predicted octanol–water partition coefficient (Wildman–Crippen LogP) is 3.53. The van der Waals surface area contributed by atoms with Crippen LogP contribution in [0.4, 0.5) is 4.39 Å². The first-order chi connectivity index (χ1) is 8.13. The number of benzene rings is 1. The number of hydrazine groups is 1. The first-order valence-electron chi connectivity index (χ1n) is 6.04. The van der Waals surface area contributed by atoms with Crippen LogP contribution in [0.5, 0.6) is 0 Å². The van der Waals surface area contributed by atoms with Gasteiger partial charge in [0.1, 0.15) is 5.82 Å². The summed E-state index contributed by atoms with van der Waals surface area (Å²) in [5.74, 6) is 6.46. The molecule has 0 spiro atoms. The maximum Gasteiger partial charge on any atom is 0.128 e. The van der Waals surface area contributed by atoms with E-state index in [-0.39, 0.29) is 11.9 Å². The largest absolute Gasteiger partial charge is 0.271 e. The lowest BCUT2D eigenvalue weighted by molar-refractivity contribution is 0.298. The number of hydrogen-bond acceptors (Lipinski definition) is 2. The summed E-state index contributed by atoms with van der Waals surface area (Å²) in [5, 5.41) is 0. The fourth-order valence-corrected chi connectivity index (χ4v) is 3.25. The van der Waals surface area contributed by atoms with E-state index in [4.69, 9.17) is 5.84 Å². The number of nitrogens with one attached hydrogen (secondary N) is 1. The van der Waals surface area contributed by atoms with E-state index in [9.17, 15) is 4.39 Å². The van der Waals surface area contributed by atoms with Gasteiger partial charge in [0.15, 0.2) is 0 Å². The monoisotopic (exact) mass is 300 g/mol. The molecule has 0 heterocycles. The molecule has 1 aromatic carbocycles. The molecule has 0 amide bonds. The van der Waals surface area contributed by atoms with Crippen molar-refractivity contribution in [1.29, 1.82) is 0 Å². The van der Waals surface area contributed by atoms with Crippen molar-refractivity contribution in [3.05, 3.63) is 34.1 Å². The van der Waals surface area contributed by atoms with Crippen LogP contribution in [0.25, 0.3) is 0 Å². The van der Waals surface area contributed by atoms with Crippen molar-refractivity contribution in [1.82, 2.24) is 5.43 Å². The molecule has 94 valence electrons.